The lowest BCUT2D eigenvalue weighted by Crippen LogP contribution is -2.27. The third-order valence-electron chi connectivity index (χ3n) is 2.22. The summed E-state index contributed by atoms with van der Waals surface area (Å²) in [5.74, 6) is -0.0619. The number of carbonyl (C=O) groups is 1. The molecule has 0 heterocycles. The third kappa shape index (κ3) is 4.44. The van der Waals surface area contributed by atoms with Crippen molar-refractivity contribution in [3.05, 3.63) is 23.8 Å². The summed E-state index contributed by atoms with van der Waals surface area (Å²) >= 11 is 0. The number of phenols is 1. The van der Waals surface area contributed by atoms with Gasteiger partial charge in [0, 0.05) is 11.3 Å². The molecule has 0 unspecified atom stereocenters. The van der Waals surface area contributed by atoms with Gasteiger partial charge in [-0.3, -0.25) is 4.79 Å². The molecule has 2 N–H and O–H groups in total. The predicted octanol–water partition coefficient (Wildman–Crippen LogP) is 2.45. The van der Waals surface area contributed by atoms with Crippen LogP contribution < -0.4 is 5.32 Å². The molecule has 0 saturated heterocycles. The molecule has 0 radical (unpaired) electrons. The molecule has 0 saturated carbocycles. The Labute approximate surface area is 102 Å². The molecule has 0 atom stereocenters. The van der Waals surface area contributed by atoms with Gasteiger partial charge in [-0.2, -0.15) is 0 Å². The molecule has 17 heavy (non-hydrogen) atoms. The third-order valence-corrected chi connectivity index (χ3v) is 2.22. The van der Waals surface area contributed by atoms with Crippen molar-refractivity contribution >= 4 is 11.6 Å². The zero-order chi connectivity index (χ0) is 13.1. The molecule has 1 aromatic rings. The molecule has 0 aliphatic carbocycles. The van der Waals surface area contributed by atoms with Crippen molar-refractivity contribution in [1.82, 2.24) is 0 Å². The van der Waals surface area contributed by atoms with Crippen LogP contribution in [-0.4, -0.2) is 23.2 Å². The van der Waals surface area contributed by atoms with E-state index in [1.165, 1.54) is 0 Å². The van der Waals surface area contributed by atoms with Crippen LogP contribution in [0.1, 0.15) is 26.3 Å². The number of nitrogens with one attached hydrogen (secondary N) is 1. The van der Waals surface area contributed by atoms with Crippen LogP contribution >= 0.6 is 0 Å². The highest BCUT2D eigenvalue weighted by atomic mass is 16.5. The SMILES string of the molecule is Cc1c(O)cccc1NC(=O)COC(C)(C)C. The van der Waals surface area contributed by atoms with Gasteiger partial charge >= 0.3 is 0 Å². The number of anilines is 1. The Hall–Kier alpha value is -1.55. The maximum Gasteiger partial charge on any atom is 0.250 e. The number of carbonyl (C=O) groups excluding carboxylic acids is 1. The zero-order valence-corrected chi connectivity index (χ0v) is 10.7. The molecule has 0 aromatic heterocycles. The molecule has 1 amide bonds. The fourth-order valence-electron chi connectivity index (χ4n) is 1.23. The van der Waals surface area contributed by atoms with E-state index in [1.54, 1.807) is 25.1 Å². The monoisotopic (exact) mass is 237 g/mol. The van der Waals surface area contributed by atoms with Crippen molar-refractivity contribution in [2.24, 2.45) is 0 Å². The van der Waals surface area contributed by atoms with Gasteiger partial charge in [-0.05, 0) is 39.8 Å². The summed E-state index contributed by atoms with van der Waals surface area (Å²) < 4.78 is 5.36. The summed E-state index contributed by atoms with van der Waals surface area (Å²) in [7, 11) is 0. The number of amides is 1. The smallest absolute Gasteiger partial charge is 0.250 e. The lowest BCUT2D eigenvalue weighted by Gasteiger charge is -2.19. The van der Waals surface area contributed by atoms with Crippen molar-refractivity contribution in [2.45, 2.75) is 33.3 Å². The molecule has 0 fully saturated rings. The summed E-state index contributed by atoms with van der Waals surface area (Å²) in [5, 5.41) is 12.2. The van der Waals surface area contributed by atoms with Crippen LogP contribution in [-0.2, 0) is 9.53 Å². The first kappa shape index (κ1) is 13.5. The summed E-state index contributed by atoms with van der Waals surface area (Å²) in [5.41, 5.74) is 0.912. The van der Waals surface area contributed by atoms with Crippen molar-refractivity contribution in [3.8, 4) is 5.75 Å². The van der Waals surface area contributed by atoms with E-state index < -0.39 is 0 Å². The van der Waals surface area contributed by atoms with Crippen LogP contribution in [0.4, 0.5) is 5.69 Å². The van der Waals surface area contributed by atoms with Crippen LogP contribution in [0.15, 0.2) is 18.2 Å². The summed E-state index contributed by atoms with van der Waals surface area (Å²) in [6.45, 7) is 7.41. The summed E-state index contributed by atoms with van der Waals surface area (Å²) in [6, 6.07) is 5.00. The van der Waals surface area contributed by atoms with Gasteiger partial charge in [-0.25, -0.2) is 0 Å². The van der Waals surface area contributed by atoms with Crippen molar-refractivity contribution in [3.63, 3.8) is 0 Å². The van der Waals surface area contributed by atoms with Gasteiger partial charge in [0.2, 0.25) is 5.91 Å². The van der Waals surface area contributed by atoms with E-state index in [9.17, 15) is 9.90 Å². The minimum Gasteiger partial charge on any atom is -0.508 e. The van der Waals surface area contributed by atoms with E-state index in [4.69, 9.17) is 4.74 Å². The number of ether oxygens (including phenoxy) is 1. The van der Waals surface area contributed by atoms with Crippen molar-refractivity contribution in [2.75, 3.05) is 11.9 Å². The largest absolute Gasteiger partial charge is 0.508 e. The van der Waals surface area contributed by atoms with E-state index in [1.807, 2.05) is 20.8 Å². The first-order chi connectivity index (χ1) is 7.79. The maximum absolute atomic E-state index is 11.6. The van der Waals surface area contributed by atoms with E-state index in [0.717, 1.165) is 0 Å². The van der Waals surface area contributed by atoms with Crippen LogP contribution in [0.2, 0.25) is 0 Å². The van der Waals surface area contributed by atoms with Gasteiger partial charge < -0.3 is 15.2 Å². The van der Waals surface area contributed by atoms with E-state index in [2.05, 4.69) is 5.32 Å². The quantitative estimate of drug-likeness (QED) is 0.849. The van der Waals surface area contributed by atoms with Crippen LogP contribution in [0.25, 0.3) is 0 Å². The maximum atomic E-state index is 11.6. The van der Waals surface area contributed by atoms with Gasteiger partial charge in [-0.15, -0.1) is 0 Å². The first-order valence-corrected chi connectivity index (χ1v) is 5.52. The number of phenolic OH excluding ortho intramolecular Hbond substituents is 1. The number of rotatable bonds is 3. The second-order valence-corrected chi connectivity index (χ2v) is 4.90. The highest BCUT2D eigenvalue weighted by molar-refractivity contribution is 5.92. The Morgan fingerprint density at radius 3 is 2.65 bits per heavy atom. The van der Waals surface area contributed by atoms with Crippen molar-refractivity contribution < 1.29 is 14.6 Å². The minimum atomic E-state index is -0.342. The lowest BCUT2D eigenvalue weighted by atomic mass is 10.2. The van der Waals surface area contributed by atoms with Gasteiger partial charge in [0.25, 0.3) is 0 Å². The second kappa shape index (κ2) is 5.19. The number of aromatic hydroxyl groups is 1. The topological polar surface area (TPSA) is 58.6 Å². The molecule has 1 aromatic carbocycles. The van der Waals surface area contributed by atoms with Crippen LogP contribution in [0, 0.1) is 6.92 Å². The standard InChI is InChI=1S/C13H19NO3/c1-9-10(6-5-7-11(9)15)14-12(16)8-17-13(2,3)4/h5-7,15H,8H2,1-4H3,(H,14,16). The van der Waals surface area contributed by atoms with Gasteiger partial charge in [0.15, 0.2) is 0 Å². The van der Waals surface area contributed by atoms with Gasteiger partial charge in [0.05, 0.1) is 5.60 Å². The Kier molecular flexibility index (Phi) is 4.12. The van der Waals surface area contributed by atoms with Gasteiger partial charge in [-0.1, -0.05) is 6.07 Å². The van der Waals surface area contributed by atoms with Crippen LogP contribution in [0.5, 0.6) is 5.75 Å². The average Bonchev–Trinajstić information content (AvgIpc) is 2.21. The summed E-state index contributed by atoms with van der Waals surface area (Å²) in [6.07, 6.45) is 0. The highest BCUT2D eigenvalue weighted by Gasteiger charge is 2.13. The lowest BCUT2D eigenvalue weighted by molar-refractivity contribution is -0.125. The fourth-order valence-corrected chi connectivity index (χ4v) is 1.23. The number of benzene rings is 1. The average molecular weight is 237 g/mol. The predicted molar refractivity (Wildman–Crippen MR) is 67.2 cm³/mol. The molecule has 4 heteroatoms. The molecule has 1 rings (SSSR count). The molecule has 4 nitrogen and oxygen atoms in total. The summed E-state index contributed by atoms with van der Waals surface area (Å²) in [4.78, 5) is 11.6. The molecular weight excluding hydrogens is 218 g/mol. The van der Waals surface area contributed by atoms with E-state index in [0.29, 0.717) is 11.3 Å². The molecule has 0 aliphatic heterocycles. The number of hydrogen-bond acceptors (Lipinski definition) is 3. The first-order valence-electron chi connectivity index (χ1n) is 5.52. The molecular formula is C13H19NO3. The Morgan fingerprint density at radius 1 is 1.41 bits per heavy atom. The normalized spacial score (nSPS) is 11.3. The Morgan fingerprint density at radius 2 is 2.06 bits per heavy atom. The van der Waals surface area contributed by atoms with Crippen molar-refractivity contribution in [1.29, 1.82) is 0 Å². The van der Waals surface area contributed by atoms with E-state index in [-0.39, 0.29) is 23.9 Å². The minimum absolute atomic E-state index is 0.00139. The highest BCUT2D eigenvalue weighted by Crippen LogP contribution is 2.23. The fraction of sp³-hybridized carbons (Fsp3) is 0.462. The molecule has 94 valence electrons. The number of hydrogen-bond donors (Lipinski definition) is 2. The zero-order valence-electron chi connectivity index (χ0n) is 10.7. The Bertz CT molecular complexity index is 408. The van der Waals surface area contributed by atoms with E-state index >= 15 is 0 Å². The van der Waals surface area contributed by atoms with Crippen LogP contribution in [0.3, 0.4) is 0 Å². The molecule has 0 spiro atoms. The van der Waals surface area contributed by atoms with Gasteiger partial charge in [0.1, 0.15) is 12.4 Å². The second-order valence-electron chi connectivity index (χ2n) is 4.90. The molecule has 0 bridgehead atoms. The molecule has 0 aliphatic rings. The Balaban J connectivity index is 2.60.